The minimum Gasteiger partial charge on any atom is -0.383 e. The molecule has 0 fully saturated rings. The number of hydrogen-bond acceptors (Lipinski definition) is 6. The average Bonchev–Trinajstić information content (AvgIpc) is 2.82. The maximum atomic E-state index is 12.4. The molecule has 3 N–H and O–H groups in total. The van der Waals surface area contributed by atoms with Crippen molar-refractivity contribution in [2.45, 2.75) is 30.6 Å². The van der Waals surface area contributed by atoms with E-state index in [-0.39, 0.29) is 10.7 Å². The van der Waals surface area contributed by atoms with Gasteiger partial charge >= 0.3 is 0 Å². The van der Waals surface area contributed by atoms with Crippen LogP contribution in [0.4, 0.5) is 10.9 Å². The molecule has 21 heavy (non-hydrogen) atoms. The van der Waals surface area contributed by atoms with Crippen molar-refractivity contribution in [1.29, 1.82) is 0 Å². The van der Waals surface area contributed by atoms with E-state index < -0.39 is 10.0 Å². The lowest BCUT2D eigenvalue weighted by atomic mass is 10.0. The molecule has 0 bridgehead atoms. The van der Waals surface area contributed by atoms with Crippen LogP contribution >= 0.6 is 27.3 Å². The van der Waals surface area contributed by atoms with Gasteiger partial charge in [-0.15, -0.1) is 11.3 Å². The van der Waals surface area contributed by atoms with E-state index in [1.807, 2.05) is 0 Å². The van der Waals surface area contributed by atoms with Crippen LogP contribution in [0.3, 0.4) is 0 Å². The second kappa shape index (κ2) is 5.54. The number of aromatic nitrogens is 2. The Morgan fingerprint density at radius 2 is 2.10 bits per heavy atom. The highest BCUT2D eigenvalue weighted by Gasteiger charge is 2.22. The topological polar surface area (TPSA) is 98.0 Å². The molecule has 0 saturated carbocycles. The van der Waals surface area contributed by atoms with Gasteiger partial charge in [-0.25, -0.2) is 18.4 Å². The summed E-state index contributed by atoms with van der Waals surface area (Å²) in [4.78, 5) is 9.33. The minimum absolute atomic E-state index is 0.0352. The van der Waals surface area contributed by atoms with E-state index in [0.29, 0.717) is 9.60 Å². The molecular formula is C12H13BrN4O2S2. The van der Waals surface area contributed by atoms with Crippen molar-refractivity contribution in [3.63, 3.8) is 0 Å². The maximum absolute atomic E-state index is 12.4. The maximum Gasteiger partial charge on any atom is 0.267 e. The van der Waals surface area contributed by atoms with Crippen LogP contribution in [0.25, 0.3) is 0 Å². The van der Waals surface area contributed by atoms with E-state index in [1.165, 1.54) is 28.5 Å². The lowest BCUT2D eigenvalue weighted by Gasteiger charge is -2.07. The van der Waals surface area contributed by atoms with Crippen molar-refractivity contribution in [2.24, 2.45) is 0 Å². The number of nitrogens with one attached hydrogen (secondary N) is 1. The number of nitrogens with two attached hydrogens (primary N) is 1. The molecule has 0 amide bonds. The predicted molar refractivity (Wildman–Crippen MR) is 85.9 cm³/mol. The van der Waals surface area contributed by atoms with E-state index in [9.17, 15) is 8.42 Å². The molecule has 1 aliphatic rings. The molecule has 6 nitrogen and oxygen atoms in total. The van der Waals surface area contributed by atoms with Gasteiger partial charge in [0.15, 0.2) is 5.13 Å². The lowest BCUT2D eigenvalue weighted by Crippen LogP contribution is -2.15. The number of nitrogen functional groups attached to an aromatic ring is 1. The minimum atomic E-state index is -3.79. The second-order valence-electron chi connectivity index (χ2n) is 4.74. The zero-order valence-corrected chi connectivity index (χ0v) is 14.2. The van der Waals surface area contributed by atoms with Crippen molar-refractivity contribution in [3.8, 4) is 0 Å². The number of fused-ring (bicyclic) bond motifs is 1. The SMILES string of the molecule is Nc1ncc(Br)cc1S(=O)(=O)Nc1nc2c(s1)CCCC2. The van der Waals surface area contributed by atoms with E-state index in [2.05, 4.69) is 30.6 Å². The van der Waals surface area contributed by atoms with Gasteiger partial charge in [-0.3, -0.25) is 4.72 Å². The molecule has 2 heterocycles. The van der Waals surface area contributed by atoms with Crippen LogP contribution in [-0.4, -0.2) is 18.4 Å². The monoisotopic (exact) mass is 388 g/mol. The van der Waals surface area contributed by atoms with Crippen LogP contribution in [0.5, 0.6) is 0 Å². The highest BCUT2D eigenvalue weighted by Crippen LogP contribution is 2.31. The summed E-state index contributed by atoms with van der Waals surface area (Å²) in [5, 5.41) is 0.390. The van der Waals surface area contributed by atoms with Gasteiger partial charge in [0.25, 0.3) is 10.0 Å². The van der Waals surface area contributed by atoms with Crippen LogP contribution in [0.1, 0.15) is 23.4 Å². The number of rotatable bonds is 3. The summed E-state index contributed by atoms with van der Waals surface area (Å²) in [7, 11) is -3.79. The Bertz CT molecular complexity index is 765. The molecule has 2 aromatic heterocycles. The quantitative estimate of drug-likeness (QED) is 0.841. The van der Waals surface area contributed by atoms with Gasteiger partial charge in [-0.2, -0.15) is 0 Å². The predicted octanol–water partition coefficient (Wildman–Crippen LogP) is 2.56. The molecule has 3 rings (SSSR count). The number of sulfonamides is 1. The third kappa shape index (κ3) is 3.04. The van der Waals surface area contributed by atoms with Crippen molar-refractivity contribution < 1.29 is 8.42 Å². The largest absolute Gasteiger partial charge is 0.383 e. The summed E-state index contributed by atoms with van der Waals surface area (Å²) in [6, 6.07) is 1.43. The molecule has 112 valence electrons. The number of nitrogens with zero attached hydrogens (tertiary/aromatic N) is 2. The van der Waals surface area contributed by atoms with E-state index >= 15 is 0 Å². The van der Waals surface area contributed by atoms with Crippen LogP contribution in [0.2, 0.25) is 0 Å². The van der Waals surface area contributed by atoms with Crippen LogP contribution in [0.15, 0.2) is 21.6 Å². The highest BCUT2D eigenvalue weighted by atomic mass is 79.9. The first-order valence-corrected chi connectivity index (χ1v) is 9.47. The molecule has 0 aliphatic heterocycles. The third-order valence-electron chi connectivity index (χ3n) is 3.21. The number of aryl methyl sites for hydroxylation is 2. The first kappa shape index (κ1) is 14.7. The number of halogens is 1. The normalized spacial score (nSPS) is 14.7. The molecule has 0 spiro atoms. The third-order valence-corrected chi connectivity index (χ3v) is 6.21. The number of hydrogen-bond donors (Lipinski definition) is 2. The van der Waals surface area contributed by atoms with Crippen molar-refractivity contribution in [3.05, 3.63) is 27.3 Å². The zero-order chi connectivity index (χ0) is 15.0. The Morgan fingerprint density at radius 3 is 2.86 bits per heavy atom. The summed E-state index contributed by atoms with van der Waals surface area (Å²) in [5.41, 5.74) is 6.66. The van der Waals surface area contributed by atoms with Gasteiger partial charge < -0.3 is 5.73 Å². The summed E-state index contributed by atoms with van der Waals surface area (Å²) in [5.74, 6) is -0.0352. The van der Waals surface area contributed by atoms with Gasteiger partial charge in [0, 0.05) is 15.5 Å². The molecule has 1 aliphatic carbocycles. The lowest BCUT2D eigenvalue weighted by molar-refractivity contribution is 0.601. The van der Waals surface area contributed by atoms with E-state index in [4.69, 9.17) is 5.73 Å². The van der Waals surface area contributed by atoms with Gasteiger partial charge in [-0.1, -0.05) is 0 Å². The highest BCUT2D eigenvalue weighted by molar-refractivity contribution is 9.10. The van der Waals surface area contributed by atoms with Gasteiger partial charge in [-0.05, 0) is 47.7 Å². The fourth-order valence-corrected chi connectivity index (χ4v) is 5.09. The smallest absolute Gasteiger partial charge is 0.267 e. The van der Waals surface area contributed by atoms with E-state index in [1.54, 1.807) is 0 Å². The van der Waals surface area contributed by atoms with E-state index in [0.717, 1.165) is 31.4 Å². The number of anilines is 2. The Hall–Kier alpha value is -1.19. The number of pyridine rings is 1. The van der Waals surface area contributed by atoms with Crippen LogP contribution in [-0.2, 0) is 22.9 Å². The Balaban J connectivity index is 1.92. The van der Waals surface area contributed by atoms with Crippen LogP contribution < -0.4 is 10.5 Å². The molecular weight excluding hydrogens is 376 g/mol. The fraction of sp³-hybridized carbons (Fsp3) is 0.333. The van der Waals surface area contributed by atoms with Gasteiger partial charge in [0.05, 0.1) is 5.69 Å². The van der Waals surface area contributed by atoms with Crippen LogP contribution in [0, 0.1) is 0 Å². The molecule has 0 aromatic carbocycles. The first-order chi connectivity index (χ1) is 9.95. The van der Waals surface area contributed by atoms with Crippen molar-refractivity contribution in [1.82, 2.24) is 9.97 Å². The zero-order valence-electron chi connectivity index (χ0n) is 11.0. The summed E-state index contributed by atoms with van der Waals surface area (Å²) in [6.07, 6.45) is 5.56. The van der Waals surface area contributed by atoms with Gasteiger partial charge in [0.1, 0.15) is 10.7 Å². The standard InChI is InChI=1S/C12H13BrN4O2S2/c13-7-5-10(11(14)15-6-7)21(18,19)17-12-16-8-3-1-2-4-9(8)20-12/h5-6H,1-4H2,(H2,14,15)(H,16,17). The Kier molecular flexibility index (Phi) is 3.89. The first-order valence-electron chi connectivity index (χ1n) is 6.38. The fourth-order valence-electron chi connectivity index (χ4n) is 2.21. The average molecular weight is 389 g/mol. The second-order valence-corrected chi connectivity index (χ2v) is 8.39. The Morgan fingerprint density at radius 1 is 1.33 bits per heavy atom. The van der Waals surface area contributed by atoms with Crippen molar-refractivity contribution >= 4 is 48.2 Å². The number of thiazole rings is 1. The summed E-state index contributed by atoms with van der Waals surface area (Å²) in [6.45, 7) is 0. The Labute approximate surface area is 135 Å². The van der Waals surface area contributed by atoms with Gasteiger partial charge in [0.2, 0.25) is 0 Å². The molecule has 0 unspecified atom stereocenters. The molecule has 0 atom stereocenters. The summed E-state index contributed by atoms with van der Waals surface area (Å²) >= 11 is 4.59. The molecule has 0 radical (unpaired) electrons. The molecule has 2 aromatic rings. The summed E-state index contributed by atoms with van der Waals surface area (Å²) < 4.78 is 27.9. The molecule has 9 heteroatoms. The molecule has 0 saturated heterocycles. The van der Waals surface area contributed by atoms with Crippen molar-refractivity contribution in [2.75, 3.05) is 10.5 Å².